The predicted octanol–water partition coefficient (Wildman–Crippen LogP) is 3.20. The van der Waals surface area contributed by atoms with Crippen LogP contribution in [-0.2, 0) is 0 Å². The number of ether oxygens (including phenoxy) is 2. The molecule has 0 amide bonds. The average molecular weight is 238 g/mol. The van der Waals surface area contributed by atoms with E-state index in [4.69, 9.17) is 26.3 Å². The van der Waals surface area contributed by atoms with Gasteiger partial charge in [-0.2, -0.15) is 5.26 Å². The SMILES string of the molecule is COc1cccc(OC)c1C(Cl)=C(C)C#N. The summed E-state index contributed by atoms with van der Waals surface area (Å²) >= 11 is 6.12. The Morgan fingerprint density at radius 3 is 2.12 bits per heavy atom. The van der Waals surface area contributed by atoms with Gasteiger partial charge in [0.2, 0.25) is 0 Å². The Hall–Kier alpha value is -1.66. The highest BCUT2D eigenvalue weighted by Gasteiger charge is 2.15. The van der Waals surface area contributed by atoms with E-state index in [1.807, 2.05) is 6.07 Å². The van der Waals surface area contributed by atoms with Crippen molar-refractivity contribution in [2.45, 2.75) is 6.92 Å². The Bertz CT molecular complexity index is 438. The number of hydrogen-bond donors (Lipinski definition) is 0. The minimum absolute atomic E-state index is 0.344. The summed E-state index contributed by atoms with van der Waals surface area (Å²) in [6, 6.07) is 7.34. The smallest absolute Gasteiger partial charge is 0.131 e. The van der Waals surface area contributed by atoms with Crippen LogP contribution in [0.1, 0.15) is 12.5 Å². The van der Waals surface area contributed by atoms with Gasteiger partial charge in [0.25, 0.3) is 0 Å². The first-order chi connectivity index (χ1) is 7.65. The second-order valence-corrected chi connectivity index (χ2v) is 3.47. The maximum absolute atomic E-state index is 8.82. The molecule has 0 bridgehead atoms. The molecule has 3 nitrogen and oxygen atoms in total. The Kier molecular flexibility index (Phi) is 4.21. The van der Waals surface area contributed by atoms with Gasteiger partial charge in [-0.15, -0.1) is 0 Å². The molecule has 0 saturated carbocycles. The van der Waals surface area contributed by atoms with Crippen molar-refractivity contribution >= 4 is 16.6 Å². The normalized spacial score (nSPS) is 11.4. The topological polar surface area (TPSA) is 42.2 Å². The van der Waals surface area contributed by atoms with Crippen LogP contribution in [0.3, 0.4) is 0 Å². The maximum atomic E-state index is 8.82. The van der Waals surface area contributed by atoms with E-state index in [1.54, 1.807) is 39.3 Å². The molecule has 0 fully saturated rings. The Morgan fingerprint density at radius 1 is 1.25 bits per heavy atom. The third-order valence-electron chi connectivity index (χ3n) is 2.14. The summed E-state index contributed by atoms with van der Waals surface area (Å²) in [5, 5.41) is 9.16. The molecular formula is C12H12ClNO2. The van der Waals surface area contributed by atoms with E-state index in [0.29, 0.717) is 27.7 Å². The van der Waals surface area contributed by atoms with E-state index in [9.17, 15) is 0 Å². The van der Waals surface area contributed by atoms with Crippen LogP contribution in [0.25, 0.3) is 5.03 Å². The Morgan fingerprint density at radius 2 is 1.75 bits per heavy atom. The fraction of sp³-hybridized carbons (Fsp3) is 0.250. The monoisotopic (exact) mass is 237 g/mol. The number of nitrogens with zero attached hydrogens (tertiary/aromatic N) is 1. The minimum atomic E-state index is 0.344. The number of methoxy groups -OCH3 is 2. The molecule has 0 atom stereocenters. The summed E-state index contributed by atoms with van der Waals surface area (Å²) in [5.41, 5.74) is 1.03. The zero-order chi connectivity index (χ0) is 12.1. The molecule has 0 N–H and O–H groups in total. The molecule has 0 aliphatic heterocycles. The van der Waals surface area contributed by atoms with E-state index in [2.05, 4.69) is 0 Å². The zero-order valence-electron chi connectivity index (χ0n) is 9.37. The van der Waals surface area contributed by atoms with Gasteiger partial charge in [0.15, 0.2) is 0 Å². The van der Waals surface area contributed by atoms with Gasteiger partial charge in [-0.1, -0.05) is 17.7 Å². The molecule has 1 rings (SSSR count). The Balaban J connectivity index is 3.47. The summed E-state index contributed by atoms with van der Waals surface area (Å²) in [5.74, 6) is 1.16. The van der Waals surface area contributed by atoms with Gasteiger partial charge in [-0.3, -0.25) is 0 Å². The molecule has 0 aliphatic carbocycles. The quantitative estimate of drug-likeness (QED) is 0.759. The minimum Gasteiger partial charge on any atom is -0.496 e. The van der Waals surface area contributed by atoms with E-state index in [0.717, 1.165) is 0 Å². The number of rotatable bonds is 3. The van der Waals surface area contributed by atoms with Crippen molar-refractivity contribution in [3.8, 4) is 17.6 Å². The van der Waals surface area contributed by atoms with Gasteiger partial charge in [-0.25, -0.2) is 0 Å². The largest absolute Gasteiger partial charge is 0.496 e. The molecule has 1 aromatic rings. The lowest BCUT2D eigenvalue weighted by Crippen LogP contribution is -1.95. The van der Waals surface area contributed by atoms with Gasteiger partial charge in [0, 0.05) is 5.57 Å². The molecule has 0 unspecified atom stereocenters. The summed E-state index contributed by atoms with van der Waals surface area (Å²) in [7, 11) is 3.09. The summed E-state index contributed by atoms with van der Waals surface area (Å²) in [4.78, 5) is 0. The van der Waals surface area contributed by atoms with Crippen LogP contribution in [0, 0.1) is 11.3 Å². The van der Waals surface area contributed by atoms with Gasteiger partial charge >= 0.3 is 0 Å². The average Bonchev–Trinajstić information content (AvgIpc) is 2.35. The molecule has 0 heterocycles. The van der Waals surface area contributed by atoms with Gasteiger partial charge < -0.3 is 9.47 Å². The van der Waals surface area contributed by atoms with Crippen LogP contribution in [-0.4, -0.2) is 14.2 Å². The molecule has 1 aromatic carbocycles. The molecular weight excluding hydrogens is 226 g/mol. The third kappa shape index (κ3) is 2.29. The number of hydrogen-bond acceptors (Lipinski definition) is 3. The van der Waals surface area contributed by atoms with Crippen LogP contribution >= 0.6 is 11.6 Å². The highest BCUT2D eigenvalue weighted by Crippen LogP contribution is 2.38. The molecule has 4 heteroatoms. The summed E-state index contributed by atoms with van der Waals surface area (Å²) < 4.78 is 10.4. The van der Waals surface area contributed by atoms with Crippen molar-refractivity contribution in [1.29, 1.82) is 5.26 Å². The van der Waals surface area contributed by atoms with Crippen LogP contribution in [0.4, 0.5) is 0 Å². The fourth-order valence-corrected chi connectivity index (χ4v) is 1.53. The summed E-state index contributed by atoms with van der Waals surface area (Å²) in [6.45, 7) is 1.65. The van der Waals surface area contributed by atoms with E-state index >= 15 is 0 Å². The standard InChI is InChI=1S/C12H12ClNO2/c1-8(7-14)12(13)11-9(15-2)5-4-6-10(11)16-3/h4-6H,1-3H3. The van der Waals surface area contributed by atoms with Gasteiger partial charge in [0.05, 0.1) is 30.9 Å². The van der Waals surface area contributed by atoms with Gasteiger partial charge in [0.1, 0.15) is 11.5 Å². The Labute approximate surface area is 99.9 Å². The maximum Gasteiger partial charge on any atom is 0.131 e. The highest BCUT2D eigenvalue weighted by molar-refractivity contribution is 6.50. The van der Waals surface area contributed by atoms with Crippen molar-refractivity contribution < 1.29 is 9.47 Å². The molecule has 0 spiro atoms. The molecule has 0 radical (unpaired) electrons. The first kappa shape index (κ1) is 12.4. The van der Waals surface area contributed by atoms with E-state index in [-0.39, 0.29) is 0 Å². The number of benzene rings is 1. The van der Waals surface area contributed by atoms with Crippen LogP contribution in [0.15, 0.2) is 23.8 Å². The van der Waals surface area contributed by atoms with Crippen LogP contribution in [0.2, 0.25) is 0 Å². The van der Waals surface area contributed by atoms with Crippen molar-refractivity contribution in [3.05, 3.63) is 29.3 Å². The number of nitriles is 1. The fourth-order valence-electron chi connectivity index (χ4n) is 1.30. The number of allylic oxidation sites excluding steroid dienone is 1. The lowest BCUT2D eigenvalue weighted by atomic mass is 10.1. The second kappa shape index (κ2) is 5.43. The lowest BCUT2D eigenvalue weighted by Gasteiger charge is -2.12. The molecule has 16 heavy (non-hydrogen) atoms. The second-order valence-electron chi connectivity index (χ2n) is 3.09. The van der Waals surface area contributed by atoms with Crippen LogP contribution < -0.4 is 9.47 Å². The highest BCUT2D eigenvalue weighted by atomic mass is 35.5. The lowest BCUT2D eigenvalue weighted by molar-refractivity contribution is 0.392. The van der Waals surface area contributed by atoms with Crippen molar-refractivity contribution in [2.75, 3.05) is 14.2 Å². The third-order valence-corrected chi connectivity index (χ3v) is 2.62. The molecule has 84 valence electrons. The first-order valence-electron chi connectivity index (χ1n) is 4.63. The molecule has 0 aromatic heterocycles. The van der Waals surface area contributed by atoms with E-state index < -0.39 is 0 Å². The van der Waals surface area contributed by atoms with Crippen molar-refractivity contribution in [1.82, 2.24) is 0 Å². The van der Waals surface area contributed by atoms with Crippen molar-refractivity contribution in [2.24, 2.45) is 0 Å². The van der Waals surface area contributed by atoms with Crippen LogP contribution in [0.5, 0.6) is 11.5 Å². The zero-order valence-corrected chi connectivity index (χ0v) is 10.1. The molecule has 0 saturated heterocycles. The van der Waals surface area contributed by atoms with E-state index in [1.165, 1.54) is 0 Å². The summed E-state index contributed by atoms with van der Waals surface area (Å²) in [6.07, 6.45) is 0. The van der Waals surface area contributed by atoms with Crippen molar-refractivity contribution in [3.63, 3.8) is 0 Å². The number of halogens is 1. The first-order valence-corrected chi connectivity index (χ1v) is 5.01. The molecule has 0 aliphatic rings. The van der Waals surface area contributed by atoms with Gasteiger partial charge in [-0.05, 0) is 19.1 Å². The predicted molar refractivity (Wildman–Crippen MR) is 63.6 cm³/mol.